The summed E-state index contributed by atoms with van der Waals surface area (Å²) in [6, 6.07) is 4.05. The lowest BCUT2D eigenvalue weighted by Gasteiger charge is -2.32. The summed E-state index contributed by atoms with van der Waals surface area (Å²) < 4.78 is 5.06. The van der Waals surface area contributed by atoms with Gasteiger partial charge in [-0.3, -0.25) is 19.7 Å². The molecule has 2 amide bonds. The molecular weight excluding hydrogens is 364 g/mol. The number of halogens is 1. The molecule has 1 unspecified atom stereocenters. The standard InChI is InChI=1S/C16H22N4O5.ClH/c1-25-12-4-5-14(20(23)24)13(9-12)16(22)19-8-2-3-11(10-19)15(21)18-7-6-17;/h4-5,9,11H,2-3,6-8,10,17H2,1H3,(H,18,21);1H. The summed E-state index contributed by atoms with van der Waals surface area (Å²) >= 11 is 0. The zero-order chi connectivity index (χ0) is 18.4. The first-order valence-corrected chi connectivity index (χ1v) is 8.07. The molecule has 1 atom stereocenters. The van der Waals surface area contributed by atoms with Gasteiger partial charge in [0.2, 0.25) is 5.91 Å². The Balaban J connectivity index is 0.00000338. The van der Waals surface area contributed by atoms with Crippen LogP contribution in [-0.2, 0) is 4.79 Å². The van der Waals surface area contributed by atoms with E-state index in [2.05, 4.69) is 5.32 Å². The molecule has 1 fully saturated rings. The molecule has 144 valence electrons. The largest absolute Gasteiger partial charge is 0.497 e. The Morgan fingerprint density at radius 1 is 1.46 bits per heavy atom. The molecule has 0 bridgehead atoms. The Labute approximate surface area is 157 Å². The number of nitro benzene ring substituents is 1. The Hall–Kier alpha value is -2.39. The highest BCUT2D eigenvalue weighted by atomic mass is 35.5. The minimum Gasteiger partial charge on any atom is -0.497 e. The maximum atomic E-state index is 12.8. The average molecular weight is 387 g/mol. The number of nitrogens with zero attached hydrogens (tertiary/aromatic N) is 2. The first kappa shape index (κ1) is 21.7. The van der Waals surface area contributed by atoms with Crippen LogP contribution in [0.25, 0.3) is 0 Å². The van der Waals surface area contributed by atoms with E-state index >= 15 is 0 Å². The van der Waals surface area contributed by atoms with E-state index in [1.54, 1.807) is 0 Å². The number of nitrogens with two attached hydrogens (primary N) is 1. The number of rotatable bonds is 6. The highest BCUT2D eigenvalue weighted by Gasteiger charge is 2.31. The quantitative estimate of drug-likeness (QED) is 0.553. The van der Waals surface area contributed by atoms with Gasteiger partial charge in [0.05, 0.1) is 18.0 Å². The minimum absolute atomic E-state index is 0. The van der Waals surface area contributed by atoms with Gasteiger partial charge in [0.25, 0.3) is 11.6 Å². The number of benzene rings is 1. The van der Waals surface area contributed by atoms with Crippen molar-refractivity contribution in [2.45, 2.75) is 12.8 Å². The third kappa shape index (κ3) is 5.06. The van der Waals surface area contributed by atoms with Crippen molar-refractivity contribution in [3.63, 3.8) is 0 Å². The van der Waals surface area contributed by atoms with Gasteiger partial charge in [0.1, 0.15) is 11.3 Å². The first-order valence-electron chi connectivity index (χ1n) is 8.07. The fraction of sp³-hybridized carbons (Fsp3) is 0.500. The van der Waals surface area contributed by atoms with Gasteiger partial charge in [0, 0.05) is 32.2 Å². The topological polar surface area (TPSA) is 128 Å². The predicted octanol–water partition coefficient (Wildman–Crippen LogP) is 0.952. The Bertz CT molecular complexity index is 670. The SMILES string of the molecule is COc1ccc([N+](=O)[O-])c(C(=O)N2CCCC(C(=O)NCCN)C2)c1.Cl. The fourth-order valence-electron chi connectivity index (χ4n) is 2.86. The number of amides is 2. The van der Waals surface area contributed by atoms with Gasteiger partial charge in [-0.05, 0) is 25.0 Å². The Morgan fingerprint density at radius 3 is 2.81 bits per heavy atom. The van der Waals surface area contributed by atoms with Crippen LogP contribution < -0.4 is 15.8 Å². The summed E-state index contributed by atoms with van der Waals surface area (Å²) in [5.41, 5.74) is 5.06. The predicted molar refractivity (Wildman–Crippen MR) is 97.6 cm³/mol. The number of ether oxygens (including phenoxy) is 1. The van der Waals surface area contributed by atoms with Crippen LogP contribution >= 0.6 is 12.4 Å². The molecule has 1 aliphatic heterocycles. The van der Waals surface area contributed by atoms with Crippen molar-refractivity contribution in [1.29, 1.82) is 0 Å². The smallest absolute Gasteiger partial charge is 0.282 e. The van der Waals surface area contributed by atoms with Gasteiger partial charge in [-0.25, -0.2) is 0 Å². The molecule has 9 nitrogen and oxygen atoms in total. The van der Waals surface area contributed by atoms with Crippen LogP contribution in [0.3, 0.4) is 0 Å². The van der Waals surface area contributed by atoms with Crippen molar-refractivity contribution in [2.75, 3.05) is 33.3 Å². The second-order valence-corrected chi connectivity index (χ2v) is 5.81. The van der Waals surface area contributed by atoms with Crippen LogP contribution in [0.1, 0.15) is 23.2 Å². The van der Waals surface area contributed by atoms with Gasteiger partial charge in [-0.1, -0.05) is 0 Å². The number of likely N-dealkylation sites (tertiary alicyclic amines) is 1. The lowest BCUT2D eigenvalue weighted by molar-refractivity contribution is -0.385. The van der Waals surface area contributed by atoms with Crippen molar-refractivity contribution in [2.24, 2.45) is 11.7 Å². The highest BCUT2D eigenvalue weighted by Crippen LogP contribution is 2.27. The van der Waals surface area contributed by atoms with E-state index in [-0.39, 0.29) is 42.0 Å². The van der Waals surface area contributed by atoms with Gasteiger partial charge >= 0.3 is 0 Å². The molecule has 0 radical (unpaired) electrons. The molecule has 1 aromatic carbocycles. The maximum absolute atomic E-state index is 12.8. The van der Waals surface area contributed by atoms with E-state index in [0.29, 0.717) is 38.2 Å². The molecule has 0 saturated carbocycles. The molecule has 3 N–H and O–H groups in total. The third-order valence-electron chi connectivity index (χ3n) is 4.15. The molecule has 10 heteroatoms. The first-order chi connectivity index (χ1) is 12.0. The van der Waals surface area contributed by atoms with Crippen LogP contribution in [-0.4, -0.2) is 54.9 Å². The zero-order valence-corrected chi connectivity index (χ0v) is 15.3. The molecular formula is C16H23ClN4O5. The van der Waals surface area contributed by atoms with Gasteiger partial charge < -0.3 is 20.7 Å². The average Bonchev–Trinajstić information content (AvgIpc) is 2.64. The van der Waals surface area contributed by atoms with E-state index < -0.39 is 10.8 Å². The maximum Gasteiger partial charge on any atom is 0.282 e. The summed E-state index contributed by atoms with van der Waals surface area (Å²) in [5, 5.41) is 13.9. The summed E-state index contributed by atoms with van der Waals surface area (Å²) in [5.74, 6) is -0.595. The summed E-state index contributed by atoms with van der Waals surface area (Å²) in [7, 11) is 1.42. The number of carbonyl (C=O) groups is 2. The second kappa shape index (κ2) is 9.93. The Morgan fingerprint density at radius 2 is 2.19 bits per heavy atom. The highest BCUT2D eigenvalue weighted by molar-refractivity contribution is 5.99. The Kier molecular flexibility index (Phi) is 8.27. The second-order valence-electron chi connectivity index (χ2n) is 5.81. The molecule has 0 spiro atoms. The van der Waals surface area contributed by atoms with Crippen LogP contribution in [0, 0.1) is 16.0 Å². The molecule has 1 saturated heterocycles. The normalized spacial score (nSPS) is 16.4. The van der Waals surface area contributed by atoms with Gasteiger partial charge in [-0.15, -0.1) is 12.4 Å². The summed E-state index contributed by atoms with van der Waals surface area (Å²) in [6.45, 7) is 1.40. The van der Waals surface area contributed by atoms with Crippen molar-refractivity contribution in [1.82, 2.24) is 10.2 Å². The number of hydrogen-bond donors (Lipinski definition) is 2. The van der Waals surface area contributed by atoms with E-state index in [1.807, 2.05) is 0 Å². The van der Waals surface area contributed by atoms with Crippen molar-refractivity contribution >= 4 is 29.9 Å². The number of carbonyl (C=O) groups excluding carboxylic acids is 2. The van der Waals surface area contributed by atoms with E-state index in [4.69, 9.17) is 10.5 Å². The van der Waals surface area contributed by atoms with E-state index in [1.165, 1.54) is 30.2 Å². The molecule has 0 aromatic heterocycles. The number of piperidine rings is 1. The fourth-order valence-corrected chi connectivity index (χ4v) is 2.86. The third-order valence-corrected chi connectivity index (χ3v) is 4.15. The molecule has 1 aliphatic rings. The van der Waals surface area contributed by atoms with Crippen molar-refractivity contribution in [3.05, 3.63) is 33.9 Å². The van der Waals surface area contributed by atoms with Gasteiger partial charge in [-0.2, -0.15) is 0 Å². The molecule has 1 aromatic rings. The summed E-state index contributed by atoms with van der Waals surface area (Å²) in [4.78, 5) is 37.0. The van der Waals surface area contributed by atoms with Crippen molar-refractivity contribution in [3.8, 4) is 5.75 Å². The number of nitrogens with one attached hydrogen (secondary N) is 1. The van der Waals surface area contributed by atoms with Crippen LogP contribution in [0.2, 0.25) is 0 Å². The minimum atomic E-state index is -0.595. The molecule has 0 aliphatic carbocycles. The number of methoxy groups -OCH3 is 1. The van der Waals surface area contributed by atoms with Crippen LogP contribution in [0.4, 0.5) is 5.69 Å². The van der Waals surface area contributed by atoms with Crippen LogP contribution in [0.15, 0.2) is 18.2 Å². The van der Waals surface area contributed by atoms with E-state index in [0.717, 1.165) is 0 Å². The monoisotopic (exact) mass is 386 g/mol. The van der Waals surface area contributed by atoms with Crippen molar-refractivity contribution < 1.29 is 19.2 Å². The lowest BCUT2D eigenvalue weighted by atomic mass is 9.96. The molecule has 26 heavy (non-hydrogen) atoms. The molecule has 2 rings (SSSR count). The van der Waals surface area contributed by atoms with E-state index in [9.17, 15) is 19.7 Å². The number of nitro groups is 1. The lowest BCUT2D eigenvalue weighted by Crippen LogP contribution is -2.46. The zero-order valence-electron chi connectivity index (χ0n) is 14.5. The number of hydrogen-bond acceptors (Lipinski definition) is 6. The van der Waals surface area contributed by atoms with Crippen LogP contribution in [0.5, 0.6) is 5.75 Å². The van der Waals surface area contributed by atoms with Gasteiger partial charge in [0.15, 0.2) is 0 Å². The molecule has 1 heterocycles. The summed E-state index contributed by atoms with van der Waals surface area (Å²) in [6.07, 6.45) is 1.32.